The van der Waals surface area contributed by atoms with Crippen LogP contribution < -0.4 is 0 Å². The van der Waals surface area contributed by atoms with Gasteiger partial charge in [-0.2, -0.15) is 0 Å². The van der Waals surface area contributed by atoms with Crippen LogP contribution in [-0.2, 0) is 9.47 Å². The fraction of sp³-hybridized carbons (Fsp3) is 0.214. The lowest BCUT2D eigenvalue weighted by Crippen LogP contribution is -2.16. The summed E-state index contributed by atoms with van der Waals surface area (Å²) in [6.07, 6.45) is 0. The van der Waals surface area contributed by atoms with E-state index in [2.05, 4.69) is 9.72 Å². The standard InChI is InChI=1S/C14H13NO4/c1-8-9-6-4-5-7-10(9)15-12(14(17)19-3)11(8)13(16)18-2/h4-7H,1-3H3. The number of carbonyl (C=O) groups excluding carboxylic acids is 2. The van der Waals surface area contributed by atoms with E-state index in [1.807, 2.05) is 18.2 Å². The monoisotopic (exact) mass is 259 g/mol. The van der Waals surface area contributed by atoms with Crippen LogP contribution in [0.1, 0.15) is 26.4 Å². The minimum Gasteiger partial charge on any atom is -0.465 e. The Morgan fingerprint density at radius 3 is 2.32 bits per heavy atom. The molecule has 0 spiro atoms. The number of ether oxygens (including phenoxy) is 2. The molecule has 5 heteroatoms. The van der Waals surface area contributed by atoms with E-state index >= 15 is 0 Å². The summed E-state index contributed by atoms with van der Waals surface area (Å²) in [5.41, 5.74) is 1.41. The molecular formula is C14H13NO4. The Morgan fingerprint density at radius 1 is 1.05 bits per heavy atom. The van der Waals surface area contributed by atoms with E-state index in [1.165, 1.54) is 14.2 Å². The Hall–Kier alpha value is -2.43. The van der Waals surface area contributed by atoms with Crippen molar-refractivity contribution in [3.8, 4) is 0 Å². The first-order valence-electron chi connectivity index (χ1n) is 5.66. The van der Waals surface area contributed by atoms with Crippen LogP contribution in [0.2, 0.25) is 0 Å². The van der Waals surface area contributed by atoms with Gasteiger partial charge in [0.1, 0.15) is 0 Å². The summed E-state index contributed by atoms with van der Waals surface area (Å²) in [6.45, 7) is 1.75. The third kappa shape index (κ3) is 2.14. The number of carbonyl (C=O) groups is 2. The van der Waals surface area contributed by atoms with Crippen molar-refractivity contribution in [2.45, 2.75) is 6.92 Å². The number of nitrogens with zero attached hydrogens (tertiary/aromatic N) is 1. The van der Waals surface area contributed by atoms with Gasteiger partial charge in [0.15, 0.2) is 5.69 Å². The van der Waals surface area contributed by atoms with Gasteiger partial charge in [0.2, 0.25) is 0 Å². The lowest BCUT2D eigenvalue weighted by molar-refractivity contribution is 0.0549. The number of benzene rings is 1. The molecule has 0 saturated carbocycles. The highest BCUT2D eigenvalue weighted by molar-refractivity contribution is 6.06. The third-order valence-corrected chi connectivity index (χ3v) is 2.92. The van der Waals surface area contributed by atoms with Crippen molar-refractivity contribution >= 4 is 22.8 Å². The number of rotatable bonds is 2. The van der Waals surface area contributed by atoms with E-state index in [4.69, 9.17) is 4.74 Å². The minimum atomic E-state index is -0.658. The van der Waals surface area contributed by atoms with E-state index in [0.717, 1.165) is 5.39 Å². The van der Waals surface area contributed by atoms with Gasteiger partial charge in [-0.15, -0.1) is 0 Å². The van der Waals surface area contributed by atoms with Crippen molar-refractivity contribution in [2.24, 2.45) is 0 Å². The number of hydrogen-bond acceptors (Lipinski definition) is 5. The highest BCUT2D eigenvalue weighted by atomic mass is 16.5. The van der Waals surface area contributed by atoms with Crippen LogP contribution in [0, 0.1) is 6.92 Å². The highest BCUT2D eigenvalue weighted by Gasteiger charge is 2.24. The molecule has 19 heavy (non-hydrogen) atoms. The van der Waals surface area contributed by atoms with Gasteiger partial charge < -0.3 is 9.47 Å². The molecule has 0 atom stereocenters. The van der Waals surface area contributed by atoms with Crippen LogP contribution in [0.25, 0.3) is 10.9 Å². The number of pyridine rings is 1. The average molecular weight is 259 g/mol. The van der Waals surface area contributed by atoms with E-state index in [-0.39, 0.29) is 11.3 Å². The van der Waals surface area contributed by atoms with Gasteiger partial charge in [0, 0.05) is 5.39 Å². The van der Waals surface area contributed by atoms with Crippen molar-refractivity contribution in [3.63, 3.8) is 0 Å². The molecule has 0 aliphatic carbocycles. The fourth-order valence-corrected chi connectivity index (χ4v) is 1.97. The van der Waals surface area contributed by atoms with Crippen molar-refractivity contribution in [3.05, 3.63) is 41.1 Å². The summed E-state index contributed by atoms with van der Waals surface area (Å²) in [7, 11) is 2.51. The molecule has 2 rings (SSSR count). The zero-order valence-electron chi connectivity index (χ0n) is 10.9. The van der Waals surface area contributed by atoms with Crippen LogP contribution in [0.3, 0.4) is 0 Å². The summed E-state index contributed by atoms with van der Waals surface area (Å²) in [4.78, 5) is 27.8. The number of methoxy groups -OCH3 is 2. The summed E-state index contributed by atoms with van der Waals surface area (Å²) in [5.74, 6) is -1.26. The second kappa shape index (κ2) is 5.06. The number of aromatic nitrogens is 1. The van der Waals surface area contributed by atoms with E-state index in [9.17, 15) is 9.59 Å². The third-order valence-electron chi connectivity index (χ3n) is 2.92. The number of para-hydroxylation sites is 1. The zero-order valence-corrected chi connectivity index (χ0v) is 10.9. The van der Waals surface area contributed by atoms with Gasteiger partial charge >= 0.3 is 11.9 Å². The molecule has 0 N–H and O–H groups in total. The Labute approximate surface area is 110 Å². The maximum Gasteiger partial charge on any atom is 0.357 e. The number of fused-ring (bicyclic) bond motifs is 1. The fourth-order valence-electron chi connectivity index (χ4n) is 1.97. The lowest BCUT2D eigenvalue weighted by atomic mass is 10.0. The molecular weight excluding hydrogens is 246 g/mol. The minimum absolute atomic E-state index is 0.0226. The molecule has 0 fully saturated rings. The van der Waals surface area contributed by atoms with Crippen molar-refractivity contribution in [1.82, 2.24) is 4.98 Å². The number of aryl methyl sites for hydroxylation is 1. The zero-order chi connectivity index (χ0) is 14.0. The Bertz CT molecular complexity index is 664. The van der Waals surface area contributed by atoms with Crippen molar-refractivity contribution in [1.29, 1.82) is 0 Å². The first-order valence-corrected chi connectivity index (χ1v) is 5.66. The molecule has 0 aliphatic rings. The van der Waals surface area contributed by atoms with Gasteiger partial charge in [0.05, 0.1) is 25.3 Å². The summed E-state index contributed by atoms with van der Waals surface area (Å²) < 4.78 is 9.38. The van der Waals surface area contributed by atoms with Crippen molar-refractivity contribution in [2.75, 3.05) is 14.2 Å². The normalized spacial score (nSPS) is 10.3. The summed E-state index contributed by atoms with van der Waals surface area (Å²) >= 11 is 0. The molecule has 2 aromatic rings. The van der Waals surface area contributed by atoms with Gasteiger partial charge in [-0.1, -0.05) is 18.2 Å². The predicted molar refractivity (Wildman–Crippen MR) is 69.2 cm³/mol. The molecule has 0 saturated heterocycles. The van der Waals surface area contributed by atoms with Crippen LogP contribution in [-0.4, -0.2) is 31.1 Å². The lowest BCUT2D eigenvalue weighted by Gasteiger charge is -2.11. The second-order valence-corrected chi connectivity index (χ2v) is 3.96. The van der Waals surface area contributed by atoms with Crippen LogP contribution in [0.15, 0.2) is 24.3 Å². The van der Waals surface area contributed by atoms with E-state index in [1.54, 1.807) is 13.0 Å². The molecule has 1 heterocycles. The van der Waals surface area contributed by atoms with Gasteiger partial charge in [0.25, 0.3) is 0 Å². The molecule has 0 unspecified atom stereocenters. The van der Waals surface area contributed by atoms with Gasteiger partial charge in [-0.05, 0) is 18.6 Å². The summed E-state index contributed by atoms with van der Waals surface area (Å²) in [5, 5.41) is 0.801. The molecule has 5 nitrogen and oxygen atoms in total. The molecule has 0 bridgehead atoms. The van der Waals surface area contributed by atoms with Crippen LogP contribution >= 0.6 is 0 Å². The molecule has 0 amide bonds. The van der Waals surface area contributed by atoms with E-state index < -0.39 is 11.9 Å². The van der Waals surface area contributed by atoms with Crippen molar-refractivity contribution < 1.29 is 19.1 Å². The molecule has 1 aromatic carbocycles. The number of hydrogen-bond donors (Lipinski definition) is 0. The average Bonchev–Trinajstić information content (AvgIpc) is 2.45. The van der Waals surface area contributed by atoms with E-state index in [0.29, 0.717) is 11.1 Å². The molecule has 1 aromatic heterocycles. The quantitative estimate of drug-likeness (QED) is 0.773. The predicted octanol–water partition coefficient (Wildman–Crippen LogP) is 2.12. The topological polar surface area (TPSA) is 65.5 Å². The maximum atomic E-state index is 11.8. The largest absolute Gasteiger partial charge is 0.465 e. The molecule has 0 radical (unpaired) electrons. The van der Waals surface area contributed by atoms with Crippen LogP contribution in [0.4, 0.5) is 0 Å². The SMILES string of the molecule is COC(=O)c1nc2ccccc2c(C)c1C(=O)OC. The summed E-state index contributed by atoms with van der Waals surface area (Å²) in [6, 6.07) is 7.27. The molecule has 0 aliphatic heterocycles. The van der Waals surface area contributed by atoms with Gasteiger partial charge in [-0.25, -0.2) is 14.6 Å². The smallest absolute Gasteiger partial charge is 0.357 e. The second-order valence-electron chi connectivity index (χ2n) is 3.96. The first-order chi connectivity index (χ1) is 9.10. The first kappa shape index (κ1) is 13.0. The Morgan fingerprint density at radius 2 is 1.68 bits per heavy atom. The van der Waals surface area contributed by atoms with Crippen LogP contribution in [0.5, 0.6) is 0 Å². The Balaban J connectivity index is 2.84. The highest BCUT2D eigenvalue weighted by Crippen LogP contribution is 2.24. The number of esters is 2. The molecule has 98 valence electrons. The Kier molecular flexibility index (Phi) is 3.46. The van der Waals surface area contributed by atoms with Gasteiger partial charge in [-0.3, -0.25) is 0 Å². The maximum absolute atomic E-state index is 11.8.